The Morgan fingerprint density at radius 1 is 1.35 bits per heavy atom. The average Bonchev–Trinajstić information content (AvgIpc) is 2.97. The number of carbonyl (C=O) groups excluding carboxylic acids is 1. The van der Waals surface area contributed by atoms with Crippen molar-refractivity contribution < 1.29 is 14.3 Å². The summed E-state index contributed by atoms with van der Waals surface area (Å²) < 4.78 is 11.5. The molecule has 1 atom stereocenters. The van der Waals surface area contributed by atoms with Crippen molar-refractivity contribution in [2.75, 3.05) is 20.2 Å². The summed E-state index contributed by atoms with van der Waals surface area (Å²) in [6.07, 6.45) is -0.163. The molecule has 0 spiro atoms. The maximum atomic E-state index is 12.2. The molecule has 0 fully saturated rings. The molecule has 2 heterocycles. The lowest BCUT2D eigenvalue weighted by Gasteiger charge is -2.29. The molecule has 1 aliphatic rings. The van der Waals surface area contributed by atoms with Crippen molar-refractivity contribution in [3.63, 3.8) is 0 Å². The number of hydrogen-bond donors (Lipinski definition) is 1. The van der Waals surface area contributed by atoms with E-state index in [1.807, 2.05) is 36.6 Å². The molecular formula is C17H20N2O3S. The normalized spacial score (nSPS) is 16.0. The molecule has 0 radical (unpaired) electrons. The summed E-state index contributed by atoms with van der Waals surface area (Å²) >= 11 is 1.65. The Balaban J connectivity index is 1.50. The molecule has 0 saturated heterocycles. The summed E-state index contributed by atoms with van der Waals surface area (Å²) in [6, 6.07) is 9.52. The van der Waals surface area contributed by atoms with E-state index in [0.717, 1.165) is 11.5 Å². The predicted octanol–water partition coefficient (Wildman–Crippen LogP) is 3.04. The van der Waals surface area contributed by atoms with Crippen LogP contribution in [0.2, 0.25) is 0 Å². The van der Waals surface area contributed by atoms with Crippen molar-refractivity contribution in [1.29, 1.82) is 0 Å². The van der Waals surface area contributed by atoms with Gasteiger partial charge in [-0.15, -0.1) is 11.3 Å². The van der Waals surface area contributed by atoms with E-state index in [2.05, 4.69) is 11.4 Å². The fraction of sp³-hybridized carbons (Fsp3) is 0.353. The maximum Gasteiger partial charge on any atom is 0.317 e. The molecule has 1 unspecified atom stereocenters. The Kier molecular flexibility index (Phi) is 4.71. The largest absolute Gasteiger partial charge is 0.486 e. The van der Waals surface area contributed by atoms with E-state index in [-0.39, 0.29) is 12.1 Å². The van der Waals surface area contributed by atoms with E-state index < -0.39 is 0 Å². The average molecular weight is 332 g/mol. The Bertz CT molecular complexity index is 686. The van der Waals surface area contributed by atoms with Crippen LogP contribution in [0.15, 0.2) is 35.7 Å². The molecule has 1 aromatic carbocycles. The molecule has 2 aromatic rings. The highest BCUT2D eigenvalue weighted by Gasteiger charge is 2.23. The fourth-order valence-corrected chi connectivity index (χ4v) is 3.26. The van der Waals surface area contributed by atoms with Crippen LogP contribution in [-0.4, -0.2) is 37.2 Å². The number of thiophene rings is 1. The summed E-state index contributed by atoms with van der Waals surface area (Å²) in [4.78, 5) is 15.0. The van der Waals surface area contributed by atoms with E-state index in [4.69, 9.17) is 9.47 Å². The van der Waals surface area contributed by atoms with Gasteiger partial charge in [0.15, 0.2) is 17.6 Å². The minimum Gasteiger partial charge on any atom is -0.486 e. The maximum absolute atomic E-state index is 12.2. The number of hydrogen-bond acceptors (Lipinski definition) is 4. The highest BCUT2D eigenvalue weighted by atomic mass is 32.1. The van der Waals surface area contributed by atoms with E-state index >= 15 is 0 Å². The van der Waals surface area contributed by atoms with Gasteiger partial charge in [-0.2, -0.15) is 0 Å². The van der Waals surface area contributed by atoms with Gasteiger partial charge in [0.2, 0.25) is 0 Å². The number of carbonyl (C=O) groups is 1. The van der Waals surface area contributed by atoms with E-state index in [9.17, 15) is 4.79 Å². The quantitative estimate of drug-likeness (QED) is 0.936. The predicted molar refractivity (Wildman–Crippen MR) is 90.3 cm³/mol. The van der Waals surface area contributed by atoms with Gasteiger partial charge in [-0.3, -0.25) is 0 Å². The van der Waals surface area contributed by atoms with Gasteiger partial charge in [0.25, 0.3) is 0 Å². The Morgan fingerprint density at radius 2 is 2.13 bits per heavy atom. The summed E-state index contributed by atoms with van der Waals surface area (Å²) in [6.45, 7) is 3.52. The van der Waals surface area contributed by atoms with Crippen LogP contribution >= 0.6 is 11.3 Å². The molecule has 3 rings (SSSR count). The summed E-state index contributed by atoms with van der Waals surface area (Å²) in [5.74, 6) is 1.48. The molecule has 1 aliphatic heterocycles. The first-order chi connectivity index (χ1) is 11.1. The lowest BCUT2D eigenvalue weighted by Crippen LogP contribution is -2.45. The Hall–Kier alpha value is -2.21. The standard InChI is InChI=1S/C17H20N2O3S/c1-12-7-8-23-16(12)9-18-17(20)19(2)10-13-11-21-14-5-3-4-6-15(14)22-13/h3-8,13H,9-11H2,1-2H3,(H,18,20). The second kappa shape index (κ2) is 6.91. The first-order valence-corrected chi connectivity index (χ1v) is 8.42. The molecule has 2 amide bonds. The second-order valence-corrected chi connectivity index (χ2v) is 6.56. The fourth-order valence-electron chi connectivity index (χ4n) is 2.42. The van der Waals surface area contributed by atoms with E-state index in [1.165, 1.54) is 10.4 Å². The van der Waals surface area contributed by atoms with Crippen LogP contribution in [0.4, 0.5) is 4.79 Å². The van der Waals surface area contributed by atoms with Crippen LogP contribution in [-0.2, 0) is 6.54 Å². The molecular weight excluding hydrogens is 312 g/mol. The first-order valence-electron chi connectivity index (χ1n) is 7.54. The number of amides is 2. The van der Waals surface area contributed by atoms with Crippen LogP contribution < -0.4 is 14.8 Å². The topological polar surface area (TPSA) is 50.8 Å². The van der Waals surface area contributed by atoms with Crippen LogP contribution in [0.5, 0.6) is 11.5 Å². The monoisotopic (exact) mass is 332 g/mol. The highest BCUT2D eigenvalue weighted by molar-refractivity contribution is 7.10. The van der Waals surface area contributed by atoms with Crippen LogP contribution in [0, 0.1) is 6.92 Å². The third kappa shape index (κ3) is 3.76. The molecule has 6 heteroatoms. The molecule has 1 N–H and O–H groups in total. The van der Waals surface area contributed by atoms with Crippen molar-refractivity contribution >= 4 is 17.4 Å². The molecule has 122 valence electrons. The van der Waals surface area contributed by atoms with Crippen LogP contribution in [0.25, 0.3) is 0 Å². The zero-order chi connectivity index (χ0) is 16.2. The highest BCUT2D eigenvalue weighted by Crippen LogP contribution is 2.30. The van der Waals surface area contributed by atoms with Crippen LogP contribution in [0.3, 0.4) is 0 Å². The minimum atomic E-state index is -0.163. The smallest absolute Gasteiger partial charge is 0.317 e. The van der Waals surface area contributed by atoms with Gasteiger partial charge in [-0.25, -0.2) is 4.79 Å². The second-order valence-electron chi connectivity index (χ2n) is 5.56. The lowest BCUT2D eigenvalue weighted by molar-refractivity contribution is 0.0715. The van der Waals surface area contributed by atoms with Crippen LogP contribution in [0.1, 0.15) is 10.4 Å². The number of likely N-dealkylation sites (N-methyl/N-ethyl adjacent to an activating group) is 1. The number of nitrogens with zero attached hydrogens (tertiary/aromatic N) is 1. The summed E-state index contributed by atoms with van der Waals surface area (Å²) in [5.41, 5.74) is 1.21. The zero-order valence-electron chi connectivity index (χ0n) is 13.2. The van der Waals surface area contributed by atoms with Gasteiger partial charge in [0.1, 0.15) is 6.61 Å². The van der Waals surface area contributed by atoms with Gasteiger partial charge in [-0.05, 0) is 36.1 Å². The molecule has 0 saturated carbocycles. The molecule has 5 nitrogen and oxygen atoms in total. The lowest BCUT2D eigenvalue weighted by atomic mass is 10.2. The number of ether oxygens (including phenoxy) is 2. The summed E-state index contributed by atoms with van der Waals surface area (Å²) in [7, 11) is 1.76. The first kappa shape index (κ1) is 15.7. The minimum absolute atomic E-state index is 0.111. The third-order valence-corrected chi connectivity index (χ3v) is 4.78. The van der Waals surface area contributed by atoms with Crippen molar-refractivity contribution in [2.24, 2.45) is 0 Å². The van der Waals surface area contributed by atoms with E-state index in [1.54, 1.807) is 23.3 Å². The number of aryl methyl sites for hydroxylation is 1. The van der Waals surface area contributed by atoms with Gasteiger partial charge in [-0.1, -0.05) is 12.1 Å². The number of benzene rings is 1. The van der Waals surface area contributed by atoms with E-state index in [0.29, 0.717) is 19.7 Å². The SMILES string of the molecule is Cc1ccsc1CNC(=O)N(C)CC1COc2ccccc2O1. The van der Waals surface area contributed by atoms with Crippen molar-refractivity contribution in [3.05, 3.63) is 46.2 Å². The van der Waals surface area contributed by atoms with Crippen molar-refractivity contribution in [2.45, 2.75) is 19.6 Å². The van der Waals surface area contributed by atoms with Gasteiger partial charge in [0.05, 0.1) is 13.1 Å². The van der Waals surface area contributed by atoms with Gasteiger partial charge < -0.3 is 19.7 Å². The van der Waals surface area contributed by atoms with Gasteiger partial charge in [0, 0.05) is 11.9 Å². The zero-order valence-corrected chi connectivity index (χ0v) is 14.1. The molecule has 0 bridgehead atoms. The molecule has 0 aliphatic carbocycles. The Morgan fingerprint density at radius 3 is 2.87 bits per heavy atom. The number of para-hydroxylation sites is 2. The van der Waals surface area contributed by atoms with Gasteiger partial charge >= 0.3 is 6.03 Å². The van der Waals surface area contributed by atoms with Crippen molar-refractivity contribution in [3.8, 4) is 11.5 Å². The number of nitrogens with one attached hydrogen (secondary N) is 1. The Labute approximate surface area is 139 Å². The number of urea groups is 1. The molecule has 23 heavy (non-hydrogen) atoms. The third-order valence-electron chi connectivity index (χ3n) is 3.76. The number of rotatable bonds is 4. The number of fused-ring (bicyclic) bond motifs is 1. The summed E-state index contributed by atoms with van der Waals surface area (Å²) in [5, 5.41) is 4.97. The molecule has 1 aromatic heterocycles. The van der Waals surface area contributed by atoms with Crippen molar-refractivity contribution in [1.82, 2.24) is 10.2 Å².